The van der Waals surface area contributed by atoms with Gasteiger partial charge in [-0.2, -0.15) is 0 Å². The summed E-state index contributed by atoms with van der Waals surface area (Å²) in [6, 6.07) is 9.84. The summed E-state index contributed by atoms with van der Waals surface area (Å²) in [5, 5.41) is 3.69. The summed E-state index contributed by atoms with van der Waals surface area (Å²) >= 11 is 0. The van der Waals surface area contributed by atoms with Crippen LogP contribution >= 0.6 is 0 Å². The zero-order chi connectivity index (χ0) is 13.0. The topological polar surface area (TPSA) is 21.3 Å². The van der Waals surface area contributed by atoms with Crippen molar-refractivity contribution in [1.82, 2.24) is 5.32 Å². The molecule has 100 valence electrons. The zero-order valence-electron chi connectivity index (χ0n) is 11.8. The van der Waals surface area contributed by atoms with Gasteiger partial charge >= 0.3 is 0 Å². The van der Waals surface area contributed by atoms with Crippen molar-refractivity contribution < 1.29 is 4.74 Å². The second kappa shape index (κ2) is 6.35. The van der Waals surface area contributed by atoms with Crippen LogP contribution in [0.4, 0.5) is 0 Å². The van der Waals surface area contributed by atoms with Gasteiger partial charge in [0.05, 0.1) is 6.61 Å². The van der Waals surface area contributed by atoms with Crippen molar-refractivity contribution in [1.29, 1.82) is 0 Å². The summed E-state index contributed by atoms with van der Waals surface area (Å²) in [5.74, 6) is 0.599. The van der Waals surface area contributed by atoms with Crippen molar-refractivity contribution in [3.8, 4) is 0 Å². The molecule has 2 heteroatoms. The van der Waals surface area contributed by atoms with Gasteiger partial charge in [0.15, 0.2) is 0 Å². The Morgan fingerprint density at radius 3 is 2.83 bits per heavy atom. The number of benzene rings is 1. The molecule has 0 aliphatic carbocycles. The lowest BCUT2D eigenvalue weighted by Gasteiger charge is -2.34. The van der Waals surface area contributed by atoms with E-state index in [2.05, 4.69) is 50.4 Å². The SMILES string of the molecule is Cc1ccccc1C[C@H]1COCC[C@H]1NC(C)C. The average molecular weight is 247 g/mol. The fourth-order valence-electron chi connectivity index (χ4n) is 2.77. The van der Waals surface area contributed by atoms with Crippen LogP contribution < -0.4 is 5.32 Å². The van der Waals surface area contributed by atoms with E-state index >= 15 is 0 Å². The Morgan fingerprint density at radius 2 is 2.11 bits per heavy atom. The Labute approximate surface area is 111 Å². The molecular formula is C16H25NO. The fourth-order valence-corrected chi connectivity index (χ4v) is 2.77. The van der Waals surface area contributed by atoms with Crippen molar-refractivity contribution >= 4 is 0 Å². The monoisotopic (exact) mass is 247 g/mol. The molecule has 0 aromatic heterocycles. The fraction of sp³-hybridized carbons (Fsp3) is 0.625. The van der Waals surface area contributed by atoms with E-state index in [9.17, 15) is 0 Å². The lowest BCUT2D eigenvalue weighted by atomic mass is 9.87. The second-order valence-electron chi connectivity index (χ2n) is 5.68. The molecular weight excluding hydrogens is 222 g/mol. The summed E-state index contributed by atoms with van der Waals surface area (Å²) in [7, 11) is 0. The van der Waals surface area contributed by atoms with E-state index in [4.69, 9.17) is 4.74 Å². The Hall–Kier alpha value is -0.860. The Kier molecular flexibility index (Phi) is 4.79. The van der Waals surface area contributed by atoms with Crippen LogP contribution in [0.2, 0.25) is 0 Å². The van der Waals surface area contributed by atoms with Crippen LogP contribution in [-0.4, -0.2) is 25.3 Å². The minimum atomic E-state index is 0.549. The predicted molar refractivity (Wildman–Crippen MR) is 75.9 cm³/mol. The average Bonchev–Trinajstić information content (AvgIpc) is 2.34. The van der Waals surface area contributed by atoms with Crippen LogP contribution in [0.5, 0.6) is 0 Å². The predicted octanol–water partition coefficient (Wildman–Crippen LogP) is 2.94. The van der Waals surface area contributed by atoms with Crippen molar-refractivity contribution in [3.63, 3.8) is 0 Å². The molecule has 1 aromatic carbocycles. The number of aryl methyl sites for hydroxylation is 1. The molecule has 0 amide bonds. The minimum absolute atomic E-state index is 0.549. The maximum Gasteiger partial charge on any atom is 0.0512 e. The van der Waals surface area contributed by atoms with Gasteiger partial charge in [-0.3, -0.25) is 0 Å². The molecule has 2 nitrogen and oxygen atoms in total. The second-order valence-corrected chi connectivity index (χ2v) is 5.68. The number of rotatable bonds is 4. The number of nitrogens with one attached hydrogen (secondary N) is 1. The molecule has 0 bridgehead atoms. The third kappa shape index (κ3) is 3.56. The first-order valence-electron chi connectivity index (χ1n) is 7.05. The van der Waals surface area contributed by atoms with Gasteiger partial charge in [-0.05, 0) is 30.9 Å². The van der Waals surface area contributed by atoms with Crippen LogP contribution in [-0.2, 0) is 11.2 Å². The first-order valence-corrected chi connectivity index (χ1v) is 7.05. The van der Waals surface area contributed by atoms with E-state index in [1.807, 2.05) is 0 Å². The third-order valence-corrected chi connectivity index (χ3v) is 3.76. The van der Waals surface area contributed by atoms with Gasteiger partial charge in [-0.25, -0.2) is 0 Å². The molecule has 0 saturated carbocycles. The zero-order valence-corrected chi connectivity index (χ0v) is 11.8. The molecule has 1 saturated heterocycles. The molecule has 0 spiro atoms. The quantitative estimate of drug-likeness (QED) is 0.883. The smallest absolute Gasteiger partial charge is 0.0512 e. The van der Waals surface area contributed by atoms with E-state index in [0.717, 1.165) is 26.1 Å². The van der Waals surface area contributed by atoms with Gasteiger partial charge in [0, 0.05) is 24.6 Å². The maximum atomic E-state index is 5.67. The lowest BCUT2D eigenvalue weighted by molar-refractivity contribution is 0.0300. The molecule has 1 N–H and O–H groups in total. The first-order chi connectivity index (χ1) is 8.66. The van der Waals surface area contributed by atoms with E-state index in [0.29, 0.717) is 18.0 Å². The highest BCUT2D eigenvalue weighted by atomic mass is 16.5. The molecule has 2 atom stereocenters. The van der Waals surface area contributed by atoms with Gasteiger partial charge in [0.2, 0.25) is 0 Å². The highest BCUT2D eigenvalue weighted by Gasteiger charge is 2.26. The van der Waals surface area contributed by atoms with E-state index in [1.54, 1.807) is 0 Å². The van der Waals surface area contributed by atoms with Gasteiger partial charge in [0.25, 0.3) is 0 Å². The molecule has 1 aliphatic rings. The Morgan fingerprint density at radius 1 is 1.33 bits per heavy atom. The molecule has 1 fully saturated rings. The molecule has 2 rings (SSSR count). The summed E-state index contributed by atoms with van der Waals surface area (Å²) in [5.41, 5.74) is 2.86. The summed E-state index contributed by atoms with van der Waals surface area (Å²) in [6.07, 6.45) is 2.26. The molecule has 1 aromatic rings. The number of ether oxygens (including phenoxy) is 1. The molecule has 1 heterocycles. The maximum absolute atomic E-state index is 5.67. The molecule has 18 heavy (non-hydrogen) atoms. The van der Waals surface area contributed by atoms with Crippen molar-refractivity contribution in [2.24, 2.45) is 5.92 Å². The molecule has 1 aliphatic heterocycles. The number of hydrogen-bond acceptors (Lipinski definition) is 2. The van der Waals surface area contributed by atoms with Crippen LogP contribution in [0, 0.1) is 12.8 Å². The van der Waals surface area contributed by atoms with Crippen molar-refractivity contribution in [2.45, 2.75) is 45.7 Å². The standard InChI is InChI=1S/C16H25NO/c1-12(2)17-16-8-9-18-11-15(16)10-14-7-5-4-6-13(14)3/h4-7,12,15-17H,8-11H2,1-3H3/t15-,16+/m0/s1. The van der Waals surface area contributed by atoms with Crippen molar-refractivity contribution in [3.05, 3.63) is 35.4 Å². The Balaban J connectivity index is 2.03. The van der Waals surface area contributed by atoms with Gasteiger partial charge in [-0.15, -0.1) is 0 Å². The highest BCUT2D eigenvalue weighted by molar-refractivity contribution is 5.26. The van der Waals surface area contributed by atoms with E-state index in [-0.39, 0.29) is 0 Å². The molecule has 0 unspecified atom stereocenters. The van der Waals surface area contributed by atoms with Crippen LogP contribution in [0.1, 0.15) is 31.4 Å². The minimum Gasteiger partial charge on any atom is -0.381 e. The highest BCUT2D eigenvalue weighted by Crippen LogP contribution is 2.21. The van der Waals surface area contributed by atoms with E-state index in [1.165, 1.54) is 11.1 Å². The van der Waals surface area contributed by atoms with Gasteiger partial charge < -0.3 is 10.1 Å². The van der Waals surface area contributed by atoms with Crippen LogP contribution in [0.25, 0.3) is 0 Å². The third-order valence-electron chi connectivity index (χ3n) is 3.76. The lowest BCUT2D eigenvalue weighted by Crippen LogP contribution is -2.46. The van der Waals surface area contributed by atoms with Gasteiger partial charge in [0.1, 0.15) is 0 Å². The number of hydrogen-bond donors (Lipinski definition) is 1. The van der Waals surface area contributed by atoms with Gasteiger partial charge in [-0.1, -0.05) is 38.1 Å². The first kappa shape index (κ1) is 13.6. The van der Waals surface area contributed by atoms with Crippen LogP contribution in [0.15, 0.2) is 24.3 Å². The summed E-state index contributed by atoms with van der Waals surface area (Å²) in [4.78, 5) is 0. The largest absolute Gasteiger partial charge is 0.381 e. The summed E-state index contributed by atoms with van der Waals surface area (Å²) in [6.45, 7) is 8.43. The van der Waals surface area contributed by atoms with Crippen LogP contribution in [0.3, 0.4) is 0 Å². The normalized spacial score (nSPS) is 24.4. The Bertz CT molecular complexity index is 375. The van der Waals surface area contributed by atoms with E-state index < -0.39 is 0 Å². The van der Waals surface area contributed by atoms with Crippen molar-refractivity contribution in [2.75, 3.05) is 13.2 Å². The molecule has 0 radical (unpaired) electrons. The summed E-state index contributed by atoms with van der Waals surface area (Å²) < 4.78 is 5.67.